The van der Waals surface area contributed by atoms with Gasteiger partial charge in [-0.1, -0.05) is 12.1 Å². The maximum absolute atomic E-state index is 12.1. The highest BCUT2D eigenvalue weighted by Crippen LogP contribution is 2.16. The first kappa shape index (κ1) is 15.6. The number of phenols is 1. The normalized spacial score (nSPS) is 11.1. The third-order valence-electron chi connectivity index (χ3n) is 3.26. The second-order valence-corrected chi connectivity index (χ2v) is 5.10. The highest BCUT2D eigenvalue weighted by atomic mass is 16.3. The number of nitrogens with zero attached hydrogens (tertiary/aromatic N) is 2. The van der Waals surface area contributed by atoms with Crippen LogP contribution < -0.4 is 10.3 Å². The second kappa shape index (κ2) is 6.76. The number of nitrogens with one attached hydrogen (secondary N) is 1. The van der Waals surface area contributed by atoms with E-state index < -0.39 is 0 Å². The van der Waals surface area contributed by atoms with Crippen LogP contribution in [-0.4, -0.2) is 30.8 Å². The van der Waals surface area contributed by atoms with Crippen molar-refractivity contribution in [2.24, 2.45) is 5.10 Å². The Hall–Kier alpha value is -2.82. The molecule has 0 heterocycles. The van der Waals surface area contributed by atoms with Crippen molar-refractivity contribution in [3.63, 3.8) is 0 Å². The van der Waals surface area contributed by atoms with Crippen molar-refractivity contribution >= 4 is 17.3 Å². The number of anilines is 1. The number of hydrogen-bond acceptors (Lipinski definition) is 4. The minimum absolute atomic E-state index is 0.133. The number of aromatic hydroxyl groups is 1. The van der Waals surface area contributed by atoms with Crippen LogP contribution in [0.2, 0.25) is 0 Å². The number of hydrazone groups is 1. The third kappa shape index (κ3) is 3.63. The molecule has 22 heavy (non-hydrogen) atoms. The van der Waals surface area contributed by atoms with E-state index in [9.17, 15) is 9.90 Å². The lowest BCUT2D eigenvalue weighted by molar-refractivity contribution is 0.0955. The largest absolute Gasteiger partial charge is 0.507 e. The number of para-hydroxylation sites is 1. The van der Waals surface area contributed by atoms with Crippen molar-refractivity contribution < 1.29 is 9.90 Å². The molecule has 0 bridgehead atoms. The molecule has 1 amide bonds. The monoisotopic (exact) mass is 297 g/mol. The summed E-state index contributed by atoms with van der Waals surface area (Å²) in [4.78, 5) is 14.0. The quantitative estimate of drug-likeness (QED) is 0.673. The summed E-state index contributed by atoms with van der Waals surface area (Å²) in [5.41, 5.74) is 5.17. The zero-order chi connectivity index (χ0) is 16.1. The maximum atomic E-state index is 12.1. The van der Waals surface area contributed by atoms with E-state index in [2.05, 4.69) is 10.5 Å². The lowest BCUT2D eigenvalue weighted by Gasteiger charge is -2.12. The Morgan fingerprint density at radius 3 is 2.32 bits per heavy atom. The van der Waals surface area contributed by atoms with Crippen molar-refractivity contribution in [2.45, 2.75) is 6.92 Å². The molecule has 0 aliphatic rings. The van der Waals surface area contributed by atoms with Crippen molar-refractivity contribution in [3.8, 4) is 5.75 Å². The molecule has 0 aliphatic carbocycles. The minimum atomic E-state index is -0.292. The summed E-state index contributed by atoms with van der Waals surface area (Å²) in [6.45, 7) is 1.73. The summed E-state index contributed by atoms with van der Waals surface area (Å²) < 4.78 is 0. The third-order valence-corrected chi connectivity index (χ3v) is 3.26. The molecule has 0 unspecified atom stereocenters. The maximum Gasteiger partial charge on any atom is 0.271 e. The summed E-state index contributed by atoms with van der Waals surface area (Å²) in [5, 5.41) is 13.8. The first-order valence-electron chi connectivity index (χ1n) is 6.89. The summed E-state index contributed by atoms with van der Waals surface area (Å²) in [6.07, 6.45) is 0. The van der Waals surface area contributed by atoms with Crippen molar-refractivity contribution in [2.75, 3.05) is 19.0 Å². The van der Waals surface area contributed by atoms with Gasteiger partial charge in [0.2, 0.25) is 0 Å². The molecule has 114 valence electrons. The molecule has 0 saturated carbocycles. The number of amides is 1. The molecule has 0 aromatic heterocycles. The molecule has 0 atom stereocenters. The summed E-state index contributed by atoms with van der Waals surface area (Å²) >= 11 is 0. The molecule has 0 aliphatic heterocycles. The number of benzene rings is 2. The lowest BCUT2D eigenvalue weighted by atomic mass is 10.1. The predicted octanol–water partition coefficient (Wildman–Crippen LogP) is 2.61. The topological polar surface area (TPSA) is 64.9 Å². The van der Waals surface area contributed by atoms with Gasteiger partial charge in [-0.15, -0.1) is 0 Å². The van der Waals surface area contributed by atoms with E-state index in [0.717, 1.165) is 5.69 Å². The molecule has 0 radical (unpaired) electrons. The van der Waals surface area contributed by atoms with Crippen LogP contribution in [0.3, 0.4) is 0 Å². The molecule has 2 N–H and O–H groups in total. The average molecular weight is 297 g/mol. The Labute approximate surface area is 129 Å². The molecule has 0 fully saturated rings. The number of hydrogen-bond donors (Lipinski definition) is 2. The molecular formula is C17H19N3O2. The van der Waals surface area contributed by atoms with E-state index in [1.54, 1.807) is 43.3 Å². The Kier molecular flexibility index (Phi) is 4.78. The van der Waals surface area contributed by atoms with E-state index in [1.807, 2.05) is 31.1 Å². The Bertz CT molecular complexity index is 691. The van der Waals surface area contributed by atoms with Crippen LogP contribution in [0.4, 0.5) is 5.69 Å². The number of phenolic OH excluding ortho intramolecular Hbond substituents is 1. The Morgan fingerprint density at radius 1 is 1.09 bits per heavy atom. The first-order valence-corrected chi connectivity index (χ1v) is 6.89. The molecule has 5 nitrogen and oxygen atoms in total. The van der Waals surface area contributed by atoms with Gasteiger partial charge in [-0.25, -0.2) is 5.43 Å². The van der Waals surface area contributed by atoms with Crippen LogP contribution >= 0.6 is 0 Å². The van der Waals surface area contributed by atoms with Crippen LogP contribution in [-0.2, 0) is 0 Å². The zero-order valence-electron chi connectivity index (χ0n) is 12.9. The van der Waals surface area contributed by atoms with Gasteiger partial charge in [0.05, 0.1) is 5.71 Å². The molecule has 2 aromatic rings. The fourth-order valence-electron chi connectivity index (χ4n) is 1.95. The van der Waals surface area contributed by atoms with Gasteiger partial charge in [0, 0.05) is 30.9 Å². The first-order chi connectivity index (χ1) is 10.5. The smallest absolute Gasteiger partial charge is 0.271 e. The van der Waals surface area contributed by atoms with Crippen molar-refractivity contribution in [1.29, 1.82) is 0 Å². The fraction of sp³-hybridized carbons (Fsp3) is 0.176. The van der Waals surface area contributed by atoms with E-state index in [1.165, 1.54) is 0 Å². The van der Waals surface area contributed by atoms with Gasteiger partial charge in [0.15, 0.2) is 0 Å². The minimum Gasteiger partial charge on any atom is -0.507 e. The summed E-state index contributed by atoms with van der Waals surface area (Å²) in [5.74, 6) is -0.159. The van der Waals surface area contributed by atoms with E-state index in [-0.39, 0.29) is 11.7 Å². The van der Waals surface area contributed by atoms with Gasteiger partial charge in [0.25, 0.3) is 5.91 Å². The molecule has 0 spiro atoms. The fourth-order valence-corrected chi connectivity index (χ4v) is 1.95. The number of rotatable bonds is 4. The van der Waals surface area contributed by atoms with Crippen LogP contribution in [0.15, 0.2) is 53.6 Å². The van der Waals surface area contributed by atoms with Gasteiger partial charge in [-0.3, -0.25) is 4.79 Å². The van der Waals surface area contributed by atoms with Gasteiger partial charge < -0.3 is 10.0 Å². The number of carbonyl (C=O) groups is 1. The van der Waals surface area contributed by atoms with Crippen molar-refractivity contribution in [3.05, 3.63) is 59.7 Å². The van der Waals surface area contributed by atoms with E-state index >= 15 is 0 Å². The lowest BCUT2D eigenvalue weighted by Crippen LogP contribution is -2.19. The summed E-state index contributed by atoms with van der Waals surface area (Å²) in [7, 11) is 3.88. The standard InChI is InChI=1S/C17H19N3O2/c1-12(15-6-4-5-7-16(15)21)18-19-17(22)13-8-10-14(11-9-13)20(2)3/h4-11,21H,1-3H3,(H,19,22)/b18-12+. The molecule has 0 saturated heterocycles. The van der Waals surface area contributed by atoms with Gasteiger partial charge in [-0.05, 0) is 43.3 Å². The van der Waals surface area contributed by atoms with Crippen LogP contribution in [0.5, 0.6) is 5.75 Å². The Balaban J connectivity index is 2.09. The van der Waals surface area contributed by atoms with E-state index in [0.29, 0.717) is 16.8 Å². The summed E-state index contributed by atoms with van der Waals surface area (Å²) in [6, 6.07) is 14.1. The highest BCUT2D eigenvalue weighted by Gasteiger charge is 2.07. The zero-order valence-corrected chi connectivity index (χ0v) is 12.9. The molecular weight excluding hydrogens is 278 g/mol. The van der Waals surface area contributed by atoms with Gasteiger partial charge in [0.1, 0.15) is 5.75 Å². The second-order valence-electron chi connectivity index (χ2n) is 5.10. The average Bonchev–Trinajstić information content (AvgIpc) is 2.52. The molecule has 2 aromatic carbocycles. The Morgan fingerprint density at radius 2 is 1.73 bits per heavy atom. The van der Waals surface area contributed by atoms with Crippen LogP contribution in [0, 0.1) is 0 Å². The highest BCUT2D eigenvalue weighted by molar-refractivity contribution is 6.02. The SMILES string of the molecule is C/C(=N\NC(=O)c1ccc(N(C)C)cc1)c1ccccc1O. The molecule has 2 rings (SSSR count). The molecule has 5 heteroatoms. The van der Waals surface area contributed by atoms with Crippen LogP contribution in [0.25, 0.3) is 0 Å². The van der Waals surface area contributed by atoms with Gasteiger partial charge >= 0.3 is 0 Å². The van der Waals surface area contributed by atoms with Gasteiger partial charge in [-0.2, -0.15) is 5.10 Å². The van der Waals surface area contributed by atoms with E-state index in [4.69, 9.17) is 0 Å². The predicted molar refractivity (Wildman–Crippen MR) is 88.6 cm³/mol. The van der Waals surface area contributed by atoms with Crippen LogP contribution in [0.1, 0.15) is 22.8 Å². The number of carbonyl (C=O) groups excluding carboxylic acids is 1. The van der Waals surface area contributed by atoms with Crippen molar-refractivity contribution in [1.82, 2.24) is 5.43 Å².